The van der Waals surface area contributed by atoms with Crippen molar-refractivity contribution < 1.29 is 37.8 Å². The van der Waals surface area contributed by atoms with E-state index in [4.69, 9.17) is 19.6 Å². The van der Waals surface area contributed by atoms with Gasteiger partial charge in [0.15, 0.2) is 0 Å². The van der Waals surface area contributed by atoms with E-state index in [-0.39, 0.29) is 24.7 Å². The second-order valence-electron chi connectivity index (χ2n) is 5.53. The van der Waals surface area contributed by atoms with Gasteiger partial charge in [-0.15, -0.1) is 0 Å². The Balaban J connectivity index is 5.15. The second kappa shape index (κ2) is 8.01. The Morgan fingerprint density at radius 3 is 1.15 bits per heavy atom. The lowest BCUT2D eigenvalue weighted by Crippen LogP contribution is -2.33. The number of phosphoric acid groups is 2. The highest BCUT2D eigenvalue weighted by Gasteiger charge is 2.35. The summed E-state index contributed by atoms with van der Waals surface area (Å²) in [5, 5.41) is 0. The van der Waals surface area contributed by atoms with Gasteiger partial charge in [-0.1, -0.05) is 27.7 Å². The zero-order chi connectivity index (χ0) is 16.1. The molecule has 0 aromatic carbocycles. The van der Waals surface area contributed by atoms with Crippen molar-refractivity contribution >= 4 is 15.6 Å². The number of rotatable bonds is 9. The Labute approximate surface area is 119 Å². The zero-order valence-electron chi connectivity index (χ0n) is 12.0. The molecule has 20 heavy (non-hydrogen) atoms. The summed E-state index contributed by atoms with van der Waals surface area (Å²) < 4.78 is 31.3. The minimum absolute atomic E-state index is 0.0154. The summed E-state index contributed by atoms with van der Waals surface area (Å²) in [6.07, 6.45) is -1.76. The fourth-order valence-electron chi connectivity index (χ4n) is 1.81. The van der Waals surface area contributed by atoms with Crippen molar-refractivity contribution in [3.63, 3.8) is 0 Å². The van der Waals surface area contributed by atoms with E-state index in [0.29, 0.717) is 0 Å². The molecular formula is C10H24O8P2. The van der Waals surface area contributed by atoms with E-state index < -0.39 is 27.9 Å². The standard InChI is InChI=1S/C10H24O8P2/c1-7(2)5-9(17-19(11,12)13)10(6-8(3)4)18-20(14,15)16/h7-10H,5-6H2,1-4H3,(H2,11,12,13)(H2,14,15,16)/t9-,10+. The monoisotopic (exact) mass is 334 g/mol. The maximum atomic E-state index is 11.0. The van der Waals surface area contributed by atoms with Gasteiger partial charge in [0.25, 0.3) is 0 Å². The molecular weight excluding hydrogens is 310 g/mol. The van der Waals surface area contributed by atoms with Crippen molar-refractivity contribution in [3.8, 4) is 0 Å². The molecule has 0 aliphatic heterocycles. The fraction of sp³-hybridized carbons (Fsp3) is 1.00. The van der Waals surface area contributed by atoms with Gasteiger partial charge >= 0.3 is 15.6 Å². The zero-order valence-corrected chi connectivity index (χ0v) is 13.8. The molecule has 0 radical (unpaired) electrons. The van der Waals surface area contributed by atoms with Gasteiger partial charge in [-0.05, 0) is 24.7 Å². The molecule has 0 fully saturated rings. The Morgan fingerprint density at radius 1 is 0.750 bits per heavy atom. The number of hydrogen-bond donors (Lipinski definition) is 4. The molecule has 0 unspecified atom stereocenters. The van der Waals surface area contributed by atoms with Crippen LogP contribution in [-0.2, 0) is 18.2 Å². The summed E-state index contributed by atoms with van der Waals surface area (Å²) in [7, 11) is -9.55. The molecule has 0 aliphatic rings. The lowest BCUT2D eigenvalue weighted by atomic mass is 9.96. The van der Waals surface area contributed by atoms with Crippen LogP contribution in [0.15, 0.2) is 0 Å². The third-order valence-electron chi connectivity index (χ3n) is 2.37. The first-order valence-corrected chi connectivity index (χ1v) is 9.34. The van der Waals surface area contributed by atoms with Crippen LogP contribution in [0.25, 0.3) is 0 Å². The maximum absolute atomic E-state index is 11.0. The lowest BCUT2D eigenvalue weighted by Gasteiger charge is -2.29. The summed E-state index contributed by atoms with van der Waals surface area (Å²) in [6, 6.07) is 0. The molecule has 8 nitrogen and oxygen atoms in total. The normalized spacial score (nSPS) is 16.7. The average molecular weight is 334 g/mol. The smallest absolute Gasteiger partial charge is 0.303 e. The third kappa shape index (κ3) is 10.9. The molecule has 0 aromatic heterocycles. The van der Waals surface area contributed by atoms with Gasteiger partial charge in [0.2, 0.25) is 0 Å². The van der Waals surface area contributed by atoms with Crippen molar-refractivity contribution in [2.24, 2.45) is 11.8 Å². The maximum Gasteiger partial charge on any atom is 0.469 e. The van der Waals surface area contributed by atoms with Gasteiger partial charge in [-0.2, -0.15) is 0 Å². The van der Waals surface area contributed by atoms with Gasteiger partial charge in [-0.3, -0.25) is 9.05 Å². The van der Waals surface area contributed by atoms with Crippen LogP contribution in [0.1, 0.15) is 40.5 Å². The molecule has 0 aromatic rings. The molecule has 0 aliphatic carbocycles. The molecule has 122 valence electrons. The summed E-state index contributed by atoms with van der Waals surface area (Å²) >= 11 is 0. The lowest BCUT2D eigenvalue weighted by molar-refractivity contribution is -0.00448. The molecule has 4 N–H and O–H groups in total. The summed E-state index contributed by atoms with van der Waals surface area (Å²) in [6.45, 7) is 7.22. The van der Waals surface area contributed by atoms with Crippen molar-refractivity contribution in [3.05, 3.63) is 0 Å². The molecule has 0 saturated carbocycles. The highest BCUT2D eigenvalue weighted by atomic mass is 31.2. The van der Waals surface area contributed by atoms with Gasteiger partial charge < -0.3 is 19.6 Å². The number of phosphoric ester groups is 2. The highest BCUT2D eigenvalue weighted by molar-refractivity contribution is 7.46. The molecule has 0 spiro atoms. The van der Waals surface area contributed by atoms with E-state index in [0.717, 1.165) is 0 Å². The van der Waals surface area contributed by atoms with Crippen molar-refractivity contribution in [2.45, 2.75) is 52.7 Å². The first kappa shape index (κ1) is 20.2. The first-order chi connectivity index (χ1) is 8.80. The van der Waals surface area contributed by atoms with Gasteiger partial charge in [-0.25, -0.2) is 9.13 Å². The van der Waals surface area contributed by atoms with Crippen LogP contribution in [0, 0.1) is 11.8 Å². The van der Waals surface area contributed by atoms with Crippen LogP contribution in [0.3, 0.4) is 0 Å². The van der Waals surface area contributed by atoms with E-state index in [1.807, 2.05) is 0 Å². The molecule has 0 rings (SSSR count). The van der Waals surface area contributed by atoms with E-state index >= 15 is 0 Å². The summed E-state index contributed by atoms with van der Waals surface area (Å²) in [5.74, 6) is 0.0307. The first-order valence-electron chi connectivity index (χ1n) is 6.28. The predicted molar refractivity (Wildman–Crippen MR) is 72.7 cm³/mol. The molecule has 0 saturated heterocycles. The minimum Gasteiger partial charge on any atom is -0.303 e. The van der Waals surface area contributed by atoms with Gasteiger partial charge in [0, 0.05) is 0 Å². The van der Waals surface area contributed by atoms with E-state index in [1.165, 1.54) is 0 Å². The largest absolute Gasteiger partial charge is 0.469 e. The Morgan fingerprint density at radius 2 is 1.00 bits per heavy atom. The molecule has 10 heteroatoms. The van der Waals surface area contributed by atoms with E-state index in [1.54, 1.807) is 27.7 Å². The van der Waals surface area contributed by atoms with E-state index in [9.17, 15) is 9.13 Å². The van der Waals surface area contributed by atoms with Crippen LogP contribution in [0.2, 0.25) is 0 Å². The van der Waals surface area contributed by atoms with Crippen molar-refractivity contribution in [1.82, 2.24) is 0 Å². The van der Waals surface area contributed by atoms with Gasteiger partial charge in [0.1, 0.15) is 0 Å². The molecule has 0 heterocycles. The topological polar surface area (TPSA) is 134 Å². The predicted octanol–water partition coefficient (Wildman–Crippen LogP) is 2.03. The van der Waals surface area contributed by atoms with Crippen LogP contribution in [0.4, 0.5) is 0 Å². The molecule has 0 amide bonds. The van der Waals surface area contributed by atoms with Gasteiger partial charge in [0.05, 0.1) is 12.2 Å². The van der Waals surface area contributed by atoms with Crippen LogP contribution in [-0.4, -0.2) is 31.8 Å². The summed E-state index contributed by atoms with van der Waals surface area (Å²) in [4.78, 5) is 35.7. The Bertz CT molecular complexity index is 335. The highest BCUT2D eigenvalue weighted by Crippen LogP contribution is 2.45. The van der Waals surface area contributed by atoms with Crippen molar-refractivity contribution in [1.29, 1.82) is 0 Å². The Kier molecular flexibility index (Phi) is 8.10. The Hall–Kier alpha value is 0.220. The molecule has 0 bridgehead atoms. The third-order valence-corrected chi connectivity index (χ3v) is 3.46. The van der Waals surface area contributed by atoms with E-state index in [2.05, 4.69) is 9.05 Å². The number of hydrogen-bond acceptors (Lipinski definition) is 4. The van der Waals surface area contributed by atoms with Crippen LogP contribution < -0.4 is 0 Å². The van der Waals surface area contributed by atoms with Crippen LogP contribution in [0.5, 0.6) is 0 Å². The molecule has 2 atom stereocenters. The second-order valence-corrected chi connectivity index (χ2v) is 7.91. The quantitative estimate of drug-likeness (QED) is 0.471. The van der Waals surface area contributed by atoms with Crippen LogP contribution >= 0.6 is 15.6 Å². The minimum atomic E-state index is -4.77. The van der Waals surface area contributed by atoms with Crippen molar-refractivity contribution in [2.75, 3.05) is 0 Å². The average Bonchev–Trinajstić information content (AvgIpc) is 2.09. The SMILES string of the molecule is CC(C)C[C@H](OP(=O)(O)O)[C@@H](CC(C)C)OP(=O)(O)O. The fourth-order valence-corrected chi connectivity index (χ4v) is 2.96. The summed E-state index contributed by atoms with van der Waals surface area (Å²) in [5.41, 5.74) is 0.